The molecule has 0 heterocycles. The summed E-state index contributed by atoms with van der Waals surface area (Å²) in [5, 5.41) is 0. The highest BCUT2D eigenvalue weighted by atomic mass is 14.4. The number of hydrogen-bond acceptors (Lipinski definition) is 0. The predicted octanol–water partition coefficient (Wildman–Crippen LogP) is 23.1. The van der Waals surface area contributed by atoms with Gasteiger partial charge in [0.2, 0.25) is 0 Å². The van der Waals surface area contributed by atoms with Crippen LogP contribution in [0.5, 0.6) is 0 Å². The summed E-state index contributed by atoms with van der Waals surface area (Å²) < 4.78 is 0. The summed E-state index contributed by atoms with van der Waals surface area (Å²) in [4.78, 5) is 0. The van der Waals surface area contributed by atoms with E-state index in [1.165, 1.54) is 249 Å². The summed E-state index contributed by atoms with van der Waals surface area (Å²) in [6, 6.07) is 28.7. The largest absolute Gasteiger partial charge is 0.0654 e. The average Bonchev–Trinajstić information content (AvgIpc) is 3.44. The van der Waals surface area contributed by atoms with Crippen LogP contribution in [0.15, 0.2) is 72.8 Å². The van der Waals surface area contributed by atoms with Crippen molar-refractivity contribution < 1.29 is 0 Å². The van der Waals surface area contributed by atoms with Crippen molar-refractivity contribution in [2.24, 2.45) is 53.3 Å². The predicted molar refractivity (Wildman–Crippen MR) is 321 cm³/mol. The van der Waals surface area contributed by atoms with E-state index in [1.807, 2.05) is 0 Å². The van der Waals surface area contributed by atoms with Crippen molar-refractivity contribution in [3.8, 4) is 0 Å². The number of benzene rings is 3. The lowest BCUT2D eigenvalue weighted by Crippen LogP contribution is -2.25. The summed E-state index contributed by atoms with van der Waals surface area (Å²) in [5.41, 5.74) is 9.28. The molecular formula is C73H116. The van der Waals surface area contributed by atoms with E-state index in [0.717, 1.165) is 71.0 Å². The summed E-state index contributed by atoms with van der Waals surface area (Å²) in [5.74, 6) is 12.0. The van der Waals surface area contributed by atoms with E-state index in [0.29, 0.717) is 0 Å². The summed E-state index contributed by atoms with van der Waals surface area (Å²) in [7, 11) is 0. The highest BCUT2D eigenvalue weighted by Gasteiger charge is 2.34. The summed E-state index contributed by atoms with van der Waals surface area (Å²) >= 11 is 0. The molecule has 0 spiro atoms. The Kier molecular flexibility index (Phi) is 25.9. The lowest BCUT2D eigenvalue weighted by molar-refractivity contribution is 0.156. The molecule has 0 aromatic heterocycles. The average molecular weight is 994 g/mol. The van der Waals surface area contributed by atoms with Crippen LogP contribution in [-0.4, -0.2) is 0 Å². The van der Waals surface area contributed by atoms with Gasteiger partial charge in [0.25, 0.3) is 0 Å². The van der Waals surface area contributed by atoms with Crippen LogP contribution in [0.1, 0.15) is 310 Å². The molecule has 0 bridgehead atoms. The zero-order chi connectivity index (χ0) is 51.0. The van der Waals surface area contributed by atoms with Crippen molar-refractivity contribution in [1.29, 1.82) is 0 Å². The first-order chi connectivity index (χ1) is 35.9. The normalized spacial score (nSPS) is 30.8. The molecule has 408 valence electrons. The molecule has 6 saturated carbocycles. The maximum atomic E-state index is 2.45. The van der Waals surface area contributed by atoms with Gasteiger partial charge in [-0.15, -0.1) is 0 Å². The Balaban J connectivity index is 0.000000161. The molecule has 73 heavy (non-hydrogen) atoms. The van der Waals surface area contributed by atoms with Gasteiger partial charge in [-0.05, 0) is 241 Å². The second-order valence-electron chi connectivity index (χ2n) is 26.5. The lowest BCUT2D eigenvalue weighted by atomic mass is 9.68. The zero-order valence-corrected chi connectivity index (χ0v) is 49.0. The second kappa shape index (κ2) is 32.4. The Labute approximate surface area is 454 Å². The van der Waals surface area contributed by atoms with Crippen LogP contribution in [0.2, 0.25) is 0 Å². The van der Waals surface area contributed by atoms with Crippen LogP contribution < -0.4 is 0 Å². The Hall–Kier alpha value is -2.34. The van der Waals surface area contributed by atoms with E-state index < -0.39 is 0 Å². The van der Waals surface area contributed by atoms with E-state index >= 15 is 0 Å². The van der Waals surface area contributed by atoms with Crippen molar-refractivity contribution in [3.63, 3.8) is 0 Å². The summed E-state index contributed by atoms with van der Waals surface area (Å²) in [6.45, 7) is 13.8. The summed E-state index contributed by atoms with van der Waals surface area (Å²) in [6.07, 6.45) is 53.7. The fraction of sp³-hybridized carbons (Fsp3) is 0.753. The van der Waals surface area contributed by atoms with Gasteiger partial charge in [-0.1, -0.05) is 216 Å². The van der Waals surface area contributed by atoms with E-state index in [1.54, 1.807) is 22.3 Å². The van der Waals surface area contributed by atoms with Crippen LogP contribution in [0.25, 0.3) is 0 Å². The third-order valence-corrected chi connectivity index (χ3v) is 21.4. The van der Waals surface area contributed by atoms with Gasteiger partial charge in [0.15, 0.2) is 0 Å². The molecule has 6 aliphatic carbocycles. The maximum Gasteiger partial charge on any atom is -0.0162 e. The van der Waals surface area contributed by atoms with Crippen LogP contribution in [-0.2, 0) is 12.8 Å². The van der Waals surface area contributed by atoms with Crippen LogP contribution in [0.3, 0.4) is 0 Å². The first-order valence-corrected chi connectivity index (χ1v) is 33.1. The van der Waals surface area contributed by atoms with Crippen molar-refractivity contribution in [3.05, 3.63) is 106 Å². The highest BCUT2D eigenvalue weighted by Crippen LogP contribution is 2.47. The van der Waals surface area contributed by atoms with Gasteiger partial charge >= 0.3 is 0 Å². The van der Waals surface area contributed by atoms with E-state index in [2.05, 4.69) is 114 Å². The minimum Gasteiger partial charge on any atom is -0.0654 e. The van der Waals surface area contributed by atoms with Gasteiger partial charge in [0.05, 0.1) is 0 Å². The van der Waals surface area contributed by atoms with Crippen LogP contribution >= 0.6 is 0 Å². The number of rotatable bonds is 19. The van der Waals surface area contributed by atoms with Crippen LogP contribution in [0, 0.1) is 60.2 Å². The van der Waals surface area contributed by atoms with Gasteiger partial charge in [0, 0.05) is 0 Å². The molecule has 0 amide bonds. The Bertz CT molecular complexity index is 1820. The molecule has 0 unspecified atom stereocenters. The number of hydrogen-bond donors (Lipinski definition) is 0. The third kappa shape index (κ3) is 19.0. The monoisotopic (exact) mass is 993 g/mol. The number of aryl methyl sites for hydroxylation is 3. The SMILES string of the molecule is CCCC1CCC(C2CCC(c3ccc(C)cc3)CC2)CC1.CCCCCCc1ccc(C2CCC(C3CCC(CCC)CC3)CC2)cc1.CCCc1ccc(C2CCC(C3CCC(CCC)CC3)CC2)cc1. The topological polar surface area (TPSA) is 0 Å². The Morgan fingerprint density at radius 2 is 0.562 bits per heavy atom. The molecule has 0 aliphatic heterocycles. The molecular weight excluding hydrogens is 877 g/mol. The fourth-order valence-corrected chi connectivity index (χ4v) is 16.6. The van der Waals surface area contributed by atoms with E-state index in [4.69, 9.17) is 0 Å². The maximum absolute atomic E-state index is 2.45. The first kappa shape index (κ1) is 58.3. The Morgan fingerprint density at radius 3 is 0.849 bits per heavy atom. The van der Waals surface area contributed by atoms with Gasteiger partial charge in [-0.25, -0.2) is 0 Å². The second-order valence-corrected chi connectivity index (χ2v) is 26.5. The zero-order valence-electron chi connectivity index (χ0n) is 49.0. The minimum atomic E-state index is 0.840. The molecule has 0 saturated heterocycles. The third-order valence-electron chi connectivity index (χ3n) is 21.4. The molecule has 6 aliphatic rings. The smallest absolute Gasteiger partial charge is 0.0162 e. The quantitative estimate of drug-likeness (QED) is 0.105. The molecule has 3 aromatic rings. The van der Waals surface area contributed by atoms with Gasteiger partial charge in [-0.2, -0.15) is 0 Å². The first-order valence-electron chi connectivity index (χ1n) is 33.1. The molecule has 6 fully saturated rings. The molecule has 0 atom stereocenters. The highest BCUT2D eigenvalue weighted by molar-refractivity contribution is 5.28. The minimum absolute atomic E-state index is 0.840. The Morgan fingerprint density at radius 1 is 0.274 bits per heavy atom. The molecule has 3 aromatic carbocycles. The molecule has 0 N–H and O–H groups in total. The molecule has 0 heteroatoms. The van der Waals surface area contributed by atoms with Crippen molar-refractivity contribution >= 4 is 0 Å². The molecule has 0 nitrogen and oxygen atoms in total. The van der Waals surface area contributed by atoms with Gasteiger partial charge < -0.3 is 0 Å². The number of unbranched alkanes of at least 4 members (excludes halogenated alkanes) is 3. The van der Waals surface area contributed by atoms with Crippen molar-refractivity contribution in [1.82, 2.24) is 0 Å². The van der Waals surface area contributed by atoms with Crippen LogP contribution in [0.4, 0.5) is 0 Å². The standard InChI is InChI=1S/C27H44.C24H38.C22H34/c1-3-5-6-7-9-23-12-16-25(17-13-23)27-20-18-26(19-21-27)24-14-10-22(8-4-2)11-15-24;1-3-5-19-7-11-21(12-8-19)23-15-17-24(18-16-23)22-13-9-20(6-4-2)10-14-22;1-3-4-18-7-11-20(12-8-18)22-15-13-21(14-16-22)19-9-5-17(2)6-10-19/h12-13,16-17,22,24,26-27H,3-11,14-15,18-21H2,1-2H3;7-8,11-12,20,22-24H,3-6,9-10,13-18H2,1-2H3;5-6,9-10,18,20-22H,3-4,7-8,11-16H2,1-2H3. The lowest BCUT2D eigenvalue weighted by Gasteiger charge is -2.38. The van der Waals surface area contributed by atoms with E-state index in [-0.39, 0.29) is 0 Å². The van der Waals surface area contributed by atoms with Crippen molar-refractivity contribution in [2.45, 2.75) is 297 Å². The fourth-order valence-electron chi connectivity index (χ4n) is 16.6. The molecule has 9 rings (SSSR count). The molecule has 0 radical (unpaired) electrons. The van der Waals surface area contributed by atoms with Gasteiger partial charge in [-0.3, -0.25) is 0 Å². The van der Waals surface area contributed by atoms with E-state index in [9.17, 15) is 0 Å². The van der Waals surface area contributed by atoms with Gasteiger partial charge in [0.1, 0.15) is 0 Å². The van der Waals surface area contributed by atoms with Crippen molar-refractivity contribution in [2.75, 3.05) is 0 Å².